The highest BCUT2D eigenvalue weighted by atomic mass is 16.1. The molecule has 1 atom stereocenters. The number of hydrogen-bond donors (Lipinski definition) is 2. The summed E-state index contributed by atoms with van der Waals surface area (Å²) in [7, 11) is 0. The molecule has 0 amide bonds. The lowest BCUT2D eigenvalue weighted by atomic mass is 10.1. The number of H-pyrrole nitrogens is 1. The lowest BCUT2D eigenvalue weighted by Crippen LogP contribution is -2.17. The number of hydrogen-bond acceptors (Lipinski definition) is 4. The largest absolute Gasteiger partial charge is 0.369 e. The molecule has 0 aliphatic carbocycles. The van der Waals surface area contributed by atoms with E-state index in [1.54, 1.807) is 6.33 Å². The van der Waals surface area contributed by atoms with Crippen LogP contribution in [0.1, 0.15) is 38.6 Å². The molecule has 0 radical (unpaired) electrons. The Morgan fingerprint density at radius 2 is 2.42 bits per heavy atom. The quantitative estimate of drug-likeness (QED) is 0.778. The minimum Gasteiger partial charge on any atom is -0.369 e. The van der Waals surface area contributed by atoms with E-state index >= 15 is 0 Å². The van der Waals surface area contributed by atoms with Crippen LogP contribution in [0.3, 0.4) is 0 Å². The fourth-order valence-corrected chi connectivity index (χ4v) is 2.25. The molecule has 19 heavy (non-hydrogen) atoms. The van der Waals surface area contributed by atoms with Crippen molar-refractivity contribution in [3.8, 4) is 0 Å². The van der Waals surface area contributed by atoms with Gasteiger partial charge in [0.1, 0.15) is 0 Å². The second-order valence-electron chi connectivity index (χ2n) is 4.60. The Bertz CT molecular complexity index is 627. The molecular weight excluding hydrogens is 242 g/mol. The Morgan fingerprint density at radius 1 is 1.63 bits per heavy atom. The third kappa shape index (κ3) is 2.67. The number of nitrogens with two attached hydrogens (primary N) is 1. The average molecular weight is 261 g/mol. The molecule has 2 aromatic rings. The van der Waals surface area contributed by atoms with Gasteiger partial charge >= 0.3 is 0 Å². The fraction of sp³-hybridized carbons (Fsp3) is 0.462. The van der Waals surface area contributed by atoms with E-state index < -0.39 is 0 Å². The van der Waals surface area contributed by atoms with Crippen LogP contribution in [-0.4, -0.2) is 19.5 Å². The second-order valence-corrected chi connectivity index (χ2v) is 4.60. The minimum atomic E-state index is -0.245. The van der Waals surface area contributed by atoms with Crippen molar-refractivity contribution < 1.29 is 0 Å². The standard InChI is InChI=1S/C13H19N5O/c1-3-5-7-9(6-4-2)18-8-15-11-10(18)12(19)17-13(14)16-11/h4,8-9H,2-3,5-7H2,1H3,(H3,14,16,17,19). The number of rotatable bonds is 6. The molecule has 0 bridgehead atoms. The topological polar surface area (TPSA) is 89.6 Å². The van der Waals surface area contributed by atoms with Gasteiger partial charge in [-0.05, 0) is 12.8 Å². The third-order valence-electron chi connectivity index (χ3n) is 3.18. The maximum absolute atomic E-state index is 12.0. The van der Waals surface area contributed by atoms with Crippen molar-refractivity contribution in [2.24, 2.45) is 0 Å². The predicted octanol–water partition coefficient (Wildman–Crippen LogP) is 2.01. The van der Waals surface area contributed by atoms with Gasteiger partial charge < -0.3 is 10.3 Å². The van der Waals surface area contributed by atoms with E-state index in [-0.39, 0.29) is 17.5 Å². The van der Waals surface area contributed by atoms with Crippen molar-refractivity contribution >= 4 is 17.1 Å². The van der Waals surface area contributed by atoms with Gasteiger partial charge in [-0.2, -0.15) is 4.98 Å². The average Bonchev–Trinajstić information content (AvgIpc) is 2.78. The molecule has 0 saturated heterocycles. The Balaban J connectivity index is 2.47. The van der Waals surface area contributed by atoms with Crippen molar-refractivity contribution in [3.05, 3.63) is 29.3 Å². The first-order chi connectivity index (χ1) is 9.17. The second kappa shape index (κ2) is 5.69. The first kappa shape index (κ1) is 13.3. The minimum absolute atomic E-state index is 0.0941. The molecule has 0 aromatic carbocycles. The van der Waals surface area contributed by atoms with E-state index in [1.807, 2.05) is 10.6 Å². The number of aromatic amines is 1. The van der Waals surface area contributed by atoms with Crippen LogP contribution in [0.4, 0.5) is 5.95 Å². The summed E-state index contributed by atoms with van der Waals surface area (Å²) < 4.78 is 1.89. The maximum atomic E-state index is 12.0. The van der Waals surface area contributed by atoms with Crippen LogP contribution >= 0.6 is 0 Å². The summed E-state index contributed by atoms with van der Waals surface area (Å²) in [4.78, 5) is 22.7. The summed E-state index contributed by atoms with van der Waals surface area (Å²) in [5.74, 6) is 0.0941. The van der Waals surface area contributed by atoms with E-state index in [4.69, 9.17) is 5.73 Å². The van der Waals surface area contributed by atoms with Crippen LogP contribution in [0, 0.1) is 0 Å². The summed E-state index contributed by atoms with van der Waals surface area (Å²) in [6.45, 7) is 5.92. The van der Waals surface area contributed by atoms with Crippen LogP contribution in [0.15, 0.2) is 23.8 Å². The van der Waals surface area contributed by atoms with Crippen molar-refractivity contribution in [3.63, 3.8) is 0 Å². The number of anilines is 1. The number of unbranched alkanes of at least 4 members (excludes halogenated alkanes) is 1. The maximum Gasteiger partial charge on any atom is 0.278 e. The smallest absolute Gasteiger partial charge is 0.278 e. The molecule has 2 rings (SSSR count). The van der Waals surface area contributed by atoms with Gasteiger partial charge in [-0.15, -0.1) is 6.58 Å². The molecule has 102 valence electrons. The summed E-state index contributed by atoms with van der Waals surface area (Å²) in [6.07, 6.45) is 7.52. The molecule has 3 N–H and O–H groups in total. The Kier molecular flexibility index (Phi) is 3.99. The summed E-state index contributed by atoms with van der Waals surface area (Å²) in [5, 5.41) is 0. The van der Waals surface area contributed by atoms with Gasteiger partial charge in [-0.25, -0.2) is 4.98 Å². The Labute approximate surface area is 111 Å². The van der Waals surface area contributed by atoms with Crippen LogP contribution in [0.25, 0.3) is 11.2 Å². The van der Waals surface area contributed by atoms with E-state index in [0.717, 1.165) is 25.7 Å². The van der Waals surface area contributed by atoms with Crippen molar-refractivity contribution in [1.82, 2.24) is 19.5 Å². The molecular formula is C13H19N5O. The summed E-state index contributed by atoms with van der Waals surface area (Å²) >= 11 is 0. The van der Waals surface area contributed by atoms with E-state index in [1.165, 1.54) is 0 Å². The third-order valence-corrected chi connectivity index (χ3v) is 3.18. The summed E-state index contributed by atoms with van der Waals surface area (Å²) in [6, 6.07) is 0.189. The monoisotopic (exact) mass is 261 g/mol. The first-order valence-corrected chi connectivity index (χ1v) is 6.50. The highest BCUT2D eigenvalue weighted by Crippen LogP contribution is 2.22. The lowest BCUT2D eigenvalue weighted by Gasteiger charge is -2.17. The molecule has 6 heteroatoms. The van der Waals surface area contributed by atoms with Gasteiger partial charge in [-0.3, -0.25) is 9.78 Å². The summed E-state index contributed by atoms with van der Waals surface area (Å²) in [5.41, 5.74) is 6.15. The lowest BCUT2D eigenvalue weighted by molar-refractivity contribution is 0.462. The number of allylic oxidation sites excluding steroid dienone is 1. The van der Waals surface area contributed by atoms with Gasteiger partial charge in [0.25, 0.3) is 5.56 Å². The highest BCUT2D eigenvalue weighted by Gasteiger charge is 2.16. The Hall–Kier alpha value is -2.11. The number of nitrogens with zero attached hydrogens (tertiary/aromatic N) is 3. The van der Waals surface area contributed by atoms with E-state index in [0.29, 0.717) is 11.2 Å². The van der Waals surface area contributed by atoms with Crippen LogP contribution in [-0.2, 0) is 0 Å². The fourth-order valence-electron chi connectivity index (χ4n) is 2.25. The zero-order valence-electron chi connectivity index (χ0n) is 11.1. The van der Waals surface area contributed by atoms with Crippen molar-refractivity contribution in [1.29, 1.82) is 0 Å². The molecule has 6 nitrogen and oxygen atoms in total. The molecule has 0 spiro atoms. The molecule has 2 heterocycles. The SMILES string of the molecule is C=CCC(CCCC)n1cnc2nc(N)[nH]c(=O)c21. The first-order valence-electron chi connectivity index (χ1n) is 6.50. The van der Waals surface area contributed by atoms with Gasteiger partial charge in [-0.1, -0.05) is 25.8 Å². The molecule has 1 unspecified atom stereocenters. The van der Waals surface area contributed by atoms with Crippen LogP contribution in [0.2, 0.25) is 0 Å². The Morgan fingerprint density at radius 3 is 3.11 bits per heavy atom. The van der Waals surface area contributed by atoms with Gasteiger partial charge in [0, 0.05) is 6.04 Å². The van der Waals surface area contributed by atoms with E-state index in [2.05, 4.69) is 28.5 Å². The van der Waals surface area contributed by atoms with Gasteiger partial charge in [0.05, 0.1) is 6.33 Å². The van der Waals surface area contributed by atoms with Crippen LogP contribution < -0.4 is 11.3 Å². The number of nitrogens with one attached hydrogen (secondary N) is 1. The number of fused-ring (bicyclic) bond motifs is 1. The highest BCUT2D eigenvalue weighted by molar-refractivity contribution is 5.70. The van der Waals surface area contributed by atoms with E-state index in [9.17, 15) is 4.79 Å². The van der Waals surface area contributed by atoms with Gasteiger partial charge in [0.2, 0.25) is 5.95 Å². The molecule has 0 fully saturated rings. The normalized spacial score (nSPS) is 12.7. The predicted molar refractivity (Wildman–Crippen MR) is 75.9 cm³/mol. The molecule has 0 aliphatic rings. The molecule has 2 aromatic heterocycles. The van der Waals surface area contributed by atoms with Crippen LogP contribution in [0.5, 0.6) is 0 Å². The van der Waals surface area contributed by atoms with Crippen molar-refractivity contribution in [2.75, 3.05) is 5.73 Å². The van der Waals surface area contributed by atoms with Gasteiger partial charge in [0.15, 0.2) is 11.2 Å². The van der Waals surface area contributed by atoms with Crippen molar-refractivity contribution in [2.45, 2.75) is 38.6 Å². The number of imidazole rings is 1. The number of nitrogen functional groups attached to an aromatic ring is 1. The zero-order valence-corrected chi connectivity index (χ0v) is 11.1. The number of aromatic nitrogens is 4. The molecule has 0 aliphatic heterocycles. The zero-order chi connectivity index (χ0) is 13.8. The molecule has 0 saturated carbocycles.